The van der Waals surface area contributed by atoms with Gasteiger partial charge in [-0.05, 0) is 34.2 Å². The van der Waals surface area contributed by atoms with Gasteiger partial charge in [0.2, 0.25) is 0 Å². The molecule has 5 heteroatoms. The van der Waals surface area contributed by atoms with Crippen LogP contribution in [-0.4, -0.2) is 14.1 Å². The van der Waals surface area contributed by atoms with Gasteiger partial charge in [0, 0.05) is 31.4 Å². The third-order valence-corrected chi connectivity index (χ3v) is 5.77. The van der Waals surface area contributed by atoms with E-state index < -0.39 is 0 Å². The van der Waals surface area contributed by atoms with Crippen LogP contribution < -0.4 is 11.2 Å². The largest absolute Gasteiger partial charge is 0.351 e. The first-order valence-corrected chi connectivity index (χ1v) is 9.84. The SMILES string of the molecule is CC(C)Cn1c(=O)[nH]c(=O)c2cn(CC3Cc4cccc5cccc3c45)cc21. The molecule has 4 aromatic rings. The fourth-order valence-electron chi connectivity index (χ4n) is 4.63. The molecule has 2 heterocycles. The zero-order valence-corrected chi connectivity index (χ0v) is 16.1. The minimum atomic E-state index is -0.331. The Balaban J connectivity index is 1.57. The second kappa shape index (κ2) is 6.23. The predicted octanol–water partition coefficient (Wildman–Crippen LogP) is 3.64. The molecule has 0 spiro atoms. The smallest absolute Gasteiger partial charge is 0.328 e. The predicted molar refractivity (Wildman–Crippen MR) is 112 cm³/mol. The van der Waals surface area contributed by atoms with Gasteiger partial charge in [-0.3, -0.25) is 14.3 Å². The number of aromatic nitrogens is 3. The van der Waals surface area contributed by atoms with Crippen molar-refractivity contribution in [1.82, 2.24) is 14.1 Å². The molecule has 1 unspecified atom stereocenters. The van der Waals surface area contributed by atoms with Crippen LogP contribution in [0.5, 0.6) is 0 Å². The Morgan fingerprint density at radius 3 is 2.68 bits per heavy atom. The van der Waals surface area contributed by atoms with Crippen molar-refractivity contribution in [2.24, 2.45) is 5.92 Å². The van der Waals surface area contributed by atoms with Crippen molar-refractivity contribution in [3.05, 3.63) is 80.8 Å². The molecule has 2 aromatic carbocycles. The molecule has 5 nitrogen and oxygen atoms in total. The molecule has 0 saturated carbocycles. The topological polar surface area (TPSA) is 59.8 Å². The minimum absolute atomic E-state index is 0.310. The average Bonchev–Trinajstić information content (AvgIpc) is 3.23. The van der Waals surface area contributed by atoms with Crippen LogP contribution in [0.4, 0.5) is 0 Å². The molecular formula is C23H23N3O2. The molecule has 0 fully saturated rings. The number of fused-ring (bicyclic) bond motifs is 1. The summed E-state index contributed by atoms with van der Waals surface area (Å²) in [6, 6.07) is 13.0. The molecule has 142 valence electrons. The van der Waals surface area contributed by atoms with Crippen LogP contribution >= 0.6 is 0 Å². The molecule has 2 aromatic heterocycles. The molecule has 1 aliphatic carbocycles. The maximum Gasteiger partial charge on any atom is 0.328 e. The number of aromatic amines is 1. The Hall–Kier alpha value is -3.08. The maximum absolute atomic E-state index is 12.3. The van der Waals surface area contributed by atoms with E-state index in [1.807, 2.05) is 12.4 Å². The van der Waals surface area contributed by atoms with E-state index in [1.54, 1.807) is 4.57 Å². The molecular weight excluding hydrogens is 350 g/mol. The van der Waals surface area contributed by atoms with E-state index in [2.05, 4.69) is 59.8 Å². The zero-order valence-electron chi connectivity index (χ0n) is 16.1. The van der Waals surface area contributed by atoms with E-state index >= 15 is 0 Å². The zero-order chi connectivity index (χ0) is 19.4. The summed E-state index contributed by atoms with van der Waals surface area (Å²) >= 11 is 0. The number of rotatable bonds is 4. The van der Waals surface area contributed by atoms with Gasteiger partial charge in [-0.2, -0.15) is 0 Å². The quantitative estimate of drug-likeness (QED) is 0.594. The highest BCUT2D eigenvalue weighted by molar-refractivity contribution is 5.91. The van der Waals surface area contributed by atoms with Crippen LogP contribution in [0, 0.1) is 5.92 Å². The Bertz CT molecular complexity index is 1320. The summed E-state index contributed by atoms with van der Waals surface area (Å²) in [5.41, 5.74) is 2.84. The van der Waals surface area contributed by atoms with E-state index in [1.165, 1.54) is 21.9 Å². The van der Waals surface area contributed by atoms with Crippen LogP contribution in [0.2, 0.25) is 0 Å². The van der Waals surface area contributed by atoms with Crippen LogP contribution in [0.15, 0.2) is 58.4 Å². The van der Waals surface area contributed by atoms with E-state index in [4.69, 9.17) is 0 Å². The second-order valence-electron chi connectivity index (χ2n) is 8.28. The molecule has 0 radical (unpaired) electrons. The standard InChI is InChI=1S/C23H23N3O2/c1-14(2)10-26-20-13-25(12-19(20)22(27)24-23(26)28)11-17-9-16-7-3-5-15-6-4-8-18(17)21(15)16/h3-8,12-14,17H,9-11H2,1-2H3,(H,24,27,28). The molecule has 5 rings (SSSR count). The van der Waals surface area contributed by atoms with Crippen molar-refractivity contribution in [2.75, 3.05) is 0 Å². The number of hydrogen-bond donors (Lipinski definition) is 1. The van der Waals surface area contributed by atoms with E-state index in [0.29, 0.717) is 23.8 Å². The Morgan fingerprint density at radius 1 is 1.11 bits per heavy atom. The monoisotopic (exact) mass is 373 g/mol. The summed E-state index contributed by atoms with van der Waals surface area (Å²) in [5, 5.41) is 3.24. The first-order valence-electron chi connectivity index (χ1n) is 9.84. The van der Waals surface area contributed by atoms with E-state index in [0.717, 1.165) is 18.5 Å². The highest BCUT2D eigenvalue weighted by atomic mass is 16.2. The first kappa shape index (κ1) is 17.0. The summed E-state index contributed by atoms with van der Waals surface area (Å²) in [6.07, 6.45) is 4.84. The number of nitrogens with zero attached hydrogens (tertiary/aromatic N) is 2. The van der Waals surface area contributed by atoms with Crippen molar-refractivity contribution < 1.29 is 0 Å². The van der Waals surface area contributed by atoms with Crippen LogP contribution in [0.25, 0.3) is 21.7 Å². The first-order chi connectivity index (χ1) is 13.5. The third-order valence-electron chi connectivity index (χ3n) is 5.77. The molecule has 1 aliphatic rings. The number of H-pyrrole nitrogens is 1. The Morgan fingerprint density at radius 2 is 1.89 bits per heavy atom. The van der Waals surface area contributed by atoms with Gasteiger partial charge in [0.05, 0.1) is 10.9 Å². The molecule has 0 aliphatic heterocycles. The van der Waals surface area contributed by atoms with Crippen LogP contribution in [0.1, 0.15) is 30.9 Å². The summed E-state index contributed by atoms with van der Waals surface area (Å²) in [5.74, 6) is 0.685. The van der Waals surface area contributed by atoms with Crippen molar-refractivity contribution >= 4 is 21.7 Å². The summed E-state index contributed by atoms with van der Waals surface area (Å²) < 4.78 is 3.76. The van der Waals surface area contributed by atoms with Crippen LogP contribution in [-0.2, 0) is 19.5 Å². The minimum Gasteiger partial charge on any atom is -0.351 e. The fraction of sp³-hybridized carbons (Fsp3) is 0.304. The lowest BCUT2D eigenvalue weighted by molar-refractivity contribution is 0.515. The van der Waals surface area contributed by atoms with Gasteiger partial charge in [-0.25, -0.2) is 4.79 Å². The van der Waals surface area contributed by atoms with Crippen molar-refractivity contribution in [3.63, 3.8) is 0 Å². The average molecular weight is 373 g/mol. The van der Waals surface area contributed by atoms with Crippen molar-refractivity contribution in [1.29, 1.82) is 0 Å². The van der Waals surface area contributed by atoms with E-state index in [9.17, 15) is 9.59 Å². The Labute approximate surface area is 162 Å². The van der Waals surface area contributed by atoms with Gasteiger partial charge in [0.15, 0.2) is 0 Å². The summed E-state index contributed by atoms with van der Waals surface area (Å²) in [6.45, 7) is 5.51. The molecule has 1 atom stereocenters. The van der Waals surface area contributed by atoms with Gasteiger partial charge in [0.25, 0.3) is 5.56 Å². The number of hydrogen-bond acceptors (Lipinski definition) is 2. The second-order valence-corrected chi connectivity index (χ2v) is 8.28. The third kappa shape index (κ3) is 2.61. The fourth-order valence-corrected chi connectivity index (χ4v) is 4.63. The summed E-state index contributed by atoms with van der Waals surface area (Å²) in [7, 11) is 0. The lowest BCUT2D eigenvalue weighted by atomic mass is 10.00. The van der Waals surface area contributed by atoms with E-state index in [-0.39, 0.29) is 11.2 Å². The normalized spacial score (nSPS) is 15.9. The lowest BCUT2D eigenvalue weighted by Crippen LogP contribution is -2.30. The van der Waals surface area contributed by atoms with Gasteiger partial charge in [-0.15, -0.1) is 0 Å². The molecule has 28 heavy (non-hydrogen) atoms. The highest BCUT2D eigenvalue weighted by Crippen LogP contribution is 2.39. The lowest BCUT2D eigenvalue weighted by Gasteiger charge is -2.13. The van der Waals surface area contributed by atoms with Gasteiger partial charge in [-0.1, -0.05) is 50.2 Å². The molecule has 0 bridgehead atoms. The summed E-state index contributed by atoms with van der Waals surface area (Å²) in [4.78, 5) is 27.1. The van der Waals surface area contributed by atoms with Gasteiger partial charge < -0.3 is 4.57 Å². The maximum atomic E-state index is 12.3. The Kier molecular flexibility index (Phi) is 3.79. The number of nitrogens with one attached hydrogen (secondary N) is 1. The number of benzene rings is 2. The van der Waals surface area contributed by atoms with Crippen molar-refractivity contribution in [2.45, 2.75) is 39.3 Å². The highest BCUT2D eigenvalue weighted by Gasteiger charge is 2.24. The van der Waals surface area contributed by atoms with Crippen molar-refractivity contribution in [3.8, 4) is 0 Å². The van der Waals surface area contributed by atoms with Crippen LogP contribution in [0.3, 0.4) is 0 Å². The molecule has 1 N–H and O–H groups in total. The van der Waals surface area contributed by atoms with Gasteiger partial charge >= 0.3 is 5.69 Å². The molecule has 0 amide bonds. The molecule has 0 saturated heterocycles. The van der Waals surface area contributed by atoms with Gasteiger partial charge in [0.1, 0.15) is 0 Å².